The summed E-state index contributed by atoms with van der Waals surface area (Å²) in [5.41, 5.74) is 4.31. The van der Waals surface area contributed by atoms with E-state index in [0.29, 0.717) is 23.2 Å². The van der Waals surface area contributed by atoms with Crippen molar-refractivity contribution in [3.8, 4) is 0 Å². The molecule has 0 spiro atoms. The molecule has 0 unspecified atom stereocenters. The molecule has 0 saturated heterocycles. The van der Waals surface area contributed by atoms with Gasteiger partial charge in [-0.25, -0.2) is 0 Å². The van der Waals surface area contributed by atoms with Crippen LogP contribution in [0.5, 0.6) is 0 Å². The Morgan fingerprint density at radius 3 is 2.47 bits per heavy atom. The van der Waals surface area contributed by atoms with Crippen molar-refractivity contribution in [2.75, 3.05) is 7.11 Å². The Balaban J connectivity index is 1.72. The van der Waals surface area contributed by atoms with Crippen LogP contribution in [0.15, 0.2) is 47.1 Å². The standard InChI is InChI=1S/C30H46O2/c1-20(2)10-9-11-21(3)22-16-17-29(7)25-14-12-23-24(13-15-26(31)27(23,4)5)30(25,32-8)19-18-28(22,29)6/h9-12,14,21-22,25-26,31H,13,15-19H2,1-8H3/t21-,22-,25+,26+,28-,29+,30-/m1/s1. The second-order valence-corrected chi connectivity index (χ2v) is 12.6. The van der Waals surface area contributed by atoms with E-state index >= 15 is 0 Å². The minimum atomic E-state index is -0.273. The van der Waals surface area contributed by atoms with Gasteiger partial charge in [0.25, 0.3) is 0 Å². The zero-order valence-corrected chi connectivity index (χ0v) is 21.8. The van der Waals surface area contributed by atoms with E-state index in [0.717, 1.165) is 19.3 Å². The summed E-state index contributed by atoms with van der Waals surface area (Å²) < 4.78 is 6.57. The molecule has 2 saturated carbocycles. The molecule has 7 atom stereocenters. The average Bonchev–Trinajstić information content (AvgIpc) is 3.01. The lowest BCUT2D eigenvalue weighted by molar-refractivity contribution is -0.150. The van der Waals surface area contributed by atoms with Crippen LogP contribution in [-0.2, 0) is 4.74 Å². The van der Waals surface area contributed by atoms with Gasteiger partial charge in [-0.1, -0.05) is 70.6 Å². The van der Waals surface area contributed by atoms with Crippen LogP contribution >= 0.6 is 0 Å². The average molecular weight is 439 g/mol. The van der Waals surface area contributed by atoms with Gasteiger partial charge in [-0.05, 0) is 86.2 Å². The molecule has 0 aromatic carbocycles. The third-order valence-corrected chi connectivity index (χ3v) is 10.6. The van der Waals surface area contributed by atoms with Crippen molar-refractivity contribution in [3.05, 3.63) is 47.1 Å². The topological polar surface area (TPSA) is 29.5 Å². The van der Waals surface area contributed by atoms with Gasteiger partial charge in [0.1, 0.15) is 0 Å². The number of rotatable bonds is 4. The van der Waals surface area contributed by atoms with E-state index in [4.69, 9.17) is 4.74 Å². The highest BCUT2D eigenvalue weighted by atomic mass is 16.5. The lowest BCUT2D eigenvalue weighted by Gasteiger charge is -2.62. The molecule has 0 bridgehead atoms. The minimum absolute atomic E-state index is 0.203. The molecule has 0 radical (unpaired) electrons. The molecule has 0 heterocycles. The summed E-state index contributed by atoms with van der Waals surface area (Å²) in [5, 5.41) is 10.8. The first kappa shape index (κ1) is 24.0. The van der Waals surface area contributed by atoms with E-state index in [1.165, 1.54) is 36.0 Å². The van der Waals surface area contributed by atoms with E-state index in [1.807, 2.05) is 7.11 Å². The summed E-state index contributed by atoms with van der Waals surface area (Å²) in [6, 6.07) is 0. The molecule has 2 fully saturated rings. The quantitative estimate of drug-likeness (QED) is 0.463. The molecule has 0 aliphatic heterocycles. The maximum Gasteiger partial charge on any atom is 0.0961 e. The van der Waals surface area contributed by atoms with Gasteiger partial charge in [0.2, 0.25) is 0 Å². The SMILES string of the molecule is CO[C@@]12CC[C@]3(C)[C@@H]([C@H](C)C=CC=C(C)C)CC[C@@]3(C)[C@@H]1C=CC1=C2CC[C@H](O)C1(C)C. The Labute approximate surface area is 196 Å². The Morgan fingerprint density at radius 1 is 1.09 bits per heavy atom. The summed E-state index contributed by atoms with van der Waals surface area (Å²) in [6.07, 6.45) is 18.2. The maximum atomic E-state index is 10.8. The highest BCUT2D eigenvalue weighted by molar-refractivity contribution is 5.47. The number of aliphatic hydroxyl groups is 1. The molecule has 32 heavy (non-hydrogen) atoms. The van der Waals surface area contributed by atoms with Gasteiger partial charge >= 0.3 is 0 Å². The van der Waals surface area contributed by atoms with Crippen molar-refractivity contribution in [2.45, 2.75) is 98.7 Å². The van der Waals surface area contributed by atoms with Gasteiger partial charge in [-0.2, -0.15) is 0 Å². The number of aliphatic hydroxyl groups excluding tert-OH is 1. The Kier molecular flexibility index (Phi) is 5.99. The van der Waals surface area contributed by atoms with Crippen LogP contribution in [0, 0.1) is 34.0 Å². The summed E-state index contributed by atoms with van der Waals surface area (Å²) in [7, 11) is 1.94. The fourth-order valence-electron chi connectivity index (χ4n) is 8.33. The van der Waals surface area contributed by atoms with E-state index in [2.05, 4.69) is 78.8 Å². The molecular formula is C30H46O2. The van der Waals surface area contributed by atoms with Crippen LogP contribution < -0.4 is 0 Å². The Morgan fingerprint density at radius 2 is 1.81 bits per heavy atom. The van der Waals surface area contributed by atoms with Crippen molar-refractivity contribution in [1.29, 1.82) is 0 Å². The Hall–Kier alpha value is -1.12. The third kappa shape index (κ3) is 3.19. The molecule has 0 aromatic rings. The van der Waals surface area contributed by atoms with Crippen LogP contribution in [0.4, 0.5) is 0 Å². The molecule has 0 amide bonds. The zero-order valence-electron chi connectivity index (χ0n) is 21.8. The maximum absolute atomic E-state index is 10.8. The fraction of sp³-hybridized carbons (Fsp3) is 0.733. The van der Waals surface area contributed by atoms with Crippen molar-refractivity contribution in [2.24, 2.45) is 34.0 Å². The second-order valence-electron chi connectivity index (χ2n) is 12.6. The number of ether oxygens (including phenoxy) is 1. The fourth-order valence-corrected chi connectivity index (χ4v) is 8.33. The van der Waals surface area contributed by atoms with Crippen LogP contribution in [0.1, 0.15) is 87.0 Å². The lowest BCUT2D eigenvalue weighted by Crippen LogP contribution is -2.60. The molecule has 1 N–H and O–H groups in total. The highest BCUT2D eigenvalue weighted by Gasteiger charge is 2.67. The molecule has 2 heteroatoms. The molecule has 0 aromatic heterocycles. The van der Waals surface area contributed by atoms with Gasteiger partial charge in [-0.15, -0.1) is 0 Å². The van der Waals surface area contributed by atoms with Gasteiger partial charge < -0.3 is 9.84 Å². The largest absolute Gasteiger partial charge is 0.392 e. The van der Waals surface area contributed by atoms with Crippen molar-refractivity contribution in [1.82, 2.24) is 0 Å². The number of hydrogen-bond acceptors (Lipinski definition) is 2. The minimum Gasteiger partial charge on any atom is -0.392 e. The first-order chi connectivity index (χ1) is 14.9. The van der Waals surface area contributed by atoms with Crippen molar-refractivity contribution in [3.63, 3.8) is 0 Å². The van der Waals surface area contributed by atoms with Crippen LogP contribution in [0.25, 0.3) is 0 Å². The predicted octanol–water partition coefficient (Wildman–Crippen LogP) is 7.41. The van der Waals surface area contributed by atoms with Gasteiger partial charge in [0.05, 0.1) is 11.7 Å². The van der Waals surface area contributed by atoms with E-state index in [-0.39, 0.29) is 22.5 Å². The molecule has 4 rings (SSSR count). The zero-order chi connectivity index (χ0) is 23.5. The number of allylic oxidation sites excluding steroid dienone is 5. The summed E-state index contributed by atoms with van der Waals surface area (Å²) in [4.78, 5) is 0. The molecular weight excluding hydrogens is 392 g/mol. The lowest BCUT2D eigenvalue weighted by atomic mass is 9.44. The first-order valence-corrected chi connectivity index (χ1v) is 12.9. The second kappa shape index (κ2) is 7.98. The van der Waals surface area contributed by atoms with Gasteiger partial charge in [0, 0.05) is 18.4 Å². The van der Waals surface area contributed by atoms with Crippen molar-refractivity contribution >= 4 is 0 Å². The normalized spacial score (nSPS) is 43.6. The molecule has 4 aliphatic rings. The number of fused-ring (bicyclic) bond motifs is 4. The van der Waals surface area contributed by atoms with Crippen LogP contribution in [0.2, 0.25) is 0 Å². The van der Waals surface area contributed by atoms with Gasteiger partial charge in [-0.3, -0.25) is 0 Å². The summed E-state index contributed by atoms with van der Waals surface area (Å²) >= 11 is 0. The van der Waals surface area contributed by atoms with E-state index < -0.39 is 0 Å². The van der Waals surface area contributed by atoms with E-state index in [9.17, 15) is 5.11 Å². The highest BCUT2D eigenvalue weighted by Crippen LogP contribution is 2.72. The predicted molar refractivity (Wildman–Crippen MR) is 134 cm³/mol. The summed E-state index contributed by atoms with van der Waals surface area (Å²) in [5.74, 6) is 1.69. The molecule has 178 valence electrons. The van der Waals surface area contributed by atoms with Crippen LogP contribution in [-0.4, -0.2) is 23.9 Å². The number of methoxy groups -OCH3 is 1. The third-order valence-electron chi connectivity index (χ3n) is 10.6. The van der Waals surface area contributed by atoms with Gasteiger partial charge in [0.15, 0.2) is 0 Å². The molecule has 4 aliphatic carbocycles. The smallest absolute Gasteiger partial charge is 0.0961 e. The Bertz CT molecular complexity index is 869. The monoisotopic (exact) mass is 438 g/mol. The van der Waals surface area contributed by atoms with E-state index in [1.54, 1.807) is 0 Å². The summed E-state index contributed by atoms with van der Waals surface area (Å²) in [6.45, 7) is 16.3. The number of hydrogen-bond donors (Lipinski definition) is 1. The molecule has 2 nitrogen and oxygen atoms in total. The van der Waals surface area contributed by atoms with Crippen molar-refractivity contribution < 1.29 is 9.84 Å². The van der Waals surface area contributed by atoms with Crippen LogP contribution in [0.3, 0.4) is 0 Å². The first-order valence-electron chi connectivity index (χ1n) is 12.9.